The SMILES string of the molecule is CC(C)C1CN=C(NCc2ccccc2)SC1. The zero-order valence-electron chi connectivity index (χ0n) is 10.5. The molecule has 2 rings (SSSR count). The van der Waals surface area contributed by atoms with E-state index in [1.54, 1.807) is 0 Å². The third-order valence-electron chi connectivity index (χ3n) is 3.13. The molecule has 1 atom stereocenters. The molecule has 0 aromatic heterocycles. The minimum absolute atomic E-state index is 0.738. The molecule has 1 heterocycles. The molecule has 92 valence electrons. The average molecular weight is 248 g/mol. The maximum atomic E-state index is 4.62. The molecule has 0 aliphatic carbocycles. The van der Waals surface area contributed by atoms with Gasteiger partial charge in [0.15, 0.2) is 5.17 Å². The van der Waals surface area contributed by atoms with Crippen LogP contribution in [0.1, 0.15) is 19.4 Å². The smallest absolute Gasteiger partial charge is 0.156 e. The molecule has 0 saturated heterocycles. The molecule has 1 aliphatic rings. The van der Waals surface area contributed by atoms with E-state index < -0.39 is 0 Å². The summed E-state index contributed by atoms with van der Waals surface area (Å²) in [7, 11) is 0. The topological polar surface area (TPSA) is 24.4 Å². The lowest BCUT2D eigenvalue weighted by molar-refractivity contribution is 0.435. The summed E-state index contributed by atoms with van der Waals surface area (Å²) in [6.45, 7) is 6.41. The van der Waals surface area contributed by atoms with Gasteiger partial charge in [0.05, 0.1) is 0 Å². The Balaban J connectivity index is 1.81. The first-order valence-electron chi connectivity index (χ1n) is 6.20. The molecule has 1 N–H and O–H groups in total. The van der Waals surface area contributed by atoms with Gasteiger partial charge in [-0.25, -0.2) is 0 Å². The number of benzene rings is 1. The summed E-state index contributed by atoms with van der Waals surface area (Å²) in [6.07, 6.45) is 0. The Bertz CT molecular complexity index is 373. The van der Waals surface area contributed by atoms with Gasteiger partial charge in [0, 0.05) is 18.8 Å². The number of aliphatic imine (C=N–C) groups is 1. The minimum atomic E-state index is 0.738. The summed E-state index contributed by atoms with van der Waals surface area (Å²) in [5.74, 6) is 2.67. The van der Waals surface area contributed by atoms with Crippen molar-refractivity contribution in [3.05, 3.63) is 35.9 Å². The Morgan fingerprint density at radius 1 is 1.35 bits per heavy atom. The standard InChI is InChI=1S/C14H20N2S/c1-11(2)13-9-16-14(17-10-13)15-8-12-6-4-3-5-7-12/h3-7,11,13H,8-10H2,1-2H3,(H,15,16). The number of hydrogen-bond donors (Lipinski definition) is 1. The molecular formula is C14H20N2S. The molecule has 0 bridgehead atoms. The number of thioether (sulfide) groups is 1. The lowest BCUT2D eigenvalue weighted by atomic mass is 9.98. The van der Waals surface area contributed by atoms with Crippen LogP contribution in [-0.2, 0) is 6.54 Å². The average Bonchev–Trinajstić information content (AvgIpc) is 2.38. The van der Waals surface area contributed by atoms with Crippen molar-refractivity contribution in [2.24, 2.45) is 16.8 Å². The summed E-state index contributed by atoms with van der Waals surface area (Å²) >= 11 is 1.86. The lowest BCUT2D eigenvalue weighted by Gasteiger charge is -2.24. The molecule has 0 amide bonds. The maximum absolute atomic E-state index is 4.62. The van der Waals surface area contributed by atoms with Crippen LogP contribution in [-0.4, -0.2) is 17.5 Å². The number of nitrogens with zero attached hydrogens (tertiary/aromatic N) is 1. The Kier molecular flexibility index (Phi) is 4.49. The van der Waals surface area contributed by atoms with Gasteiger partial charge in [-0.15, -0.1) is 0 Å². The number of rotatable bonds is 3. The summed E-state index contributed by atoms with van der Waals surface area (Å²) in [6, 6.07) is 10.5. The molecule has 1 aliphatic heterocycles. The van der Waals surface area contributed by atoms with E-state index in [4.69, 9.17) is 0 Å². The van der Waals surface area contributed by atoms with E-state index in [0.717, 1.165) is 30.1 Å². The monoisotopic (exact) mass is 248 g/mol. The molecule has 1 unspecified atom stereocenters. The van der Waals surface area contributed by atoms with Crippen LogP contribution in [0.5, 0.6) is 0 Å². The molecule has 0 saturated carbocycles. The van der Waals surface area contributed by atoms with Gasteiger partial charge in [0.2, 0.25) is 0 Å². The van der Waals surface area contributed by atoms with Crippen LogP contribution < -0.4 is 5.32 Å². The first kappa shape index (κ1) is 12.5. The second-order valence-corrected chi connectivity index (χ2v) is 5.81. The Morgan fingerprint density at radius 2 is 2.12 bits per heavy atom. The molecule has 1 aromatic rings. The fraction of sp³-hybridized carbons (Fsp3) is 0.500. The van der Waals surface area contributed by atoms with Crippen molar-refractivity contribution >= 4 is 16.9 Å². The molecule has 2 nitrogen and oxygen atoms in total. The third kappa shape index (κ3) is 3.77. The quantitative estimate of drug-likeness (QED) is 0.888. The van der Waals surface area contributed by atoms with E-state index in [2.05, 4.69) is 48.4 Å². The largest absolute Gasteiger partial charge is 0.361 e. The Morgan fingerprint density at radius 3 is 2.71 bits per heavy atom. The summed E-state index contributed by atoms with van der Waals surface area (Å²) in [4.78, 5) is 4.62. The van der Waals surface area contributed by atoms with E-state index in [0.29, 0.717) is 0 Å². The van der Waals surface area contributed by atoms with Gasteiger partial charge in [0.1, 0.15) is 0 Å². The minimum Gasteiger partial charge on any atom is -0.361 e. The van der Waals surface area contributed by atoms with Crippen molar-refractivity contribution in [2.45, 2.75) is 20.4 Å². The van der Waals surface area contributed by atoms with Crippen molar-refractivity contribution in [3.8, 4) is 0 Å². The second kappa shape index (κ2) is 6.10. The molecule has 3 heteroatoms. The fourth-order valence-corrected chi connectivity index (χ4v) is 2.97. The predicted molar refractivity (Wildman–Crippen MR) is 76.4 cm³/mol. The van der Waals surface area contributed by atoms with Gasteiger partial charge in [0.25, 0.3) is 0 Å². The van der Waals surface area contributed by atoms with Crippen LogP contribution in [0.25, 0.3) is 0 Å². The van der Waals surface area contributed by atoms with Crippen molar-refractivity contribution in [3.63, 3.8) is 0 Å². The normalized spacial score (nSPS) is 20.2. The van der Waals surface area contributed by atoms with Crippen molar-refractivity contribution < 1.29 is 0 Å². The number of nitrogens with one attached hydrogen (secondary N) is 1. The predicted octanol–water partition coefficient (Wildman–Crippen LogP) is 3.15. The van der Waals surface area contributed by atoms with Crippen molar-refractivity contribution in [1.82, 2.24) is 5.32 Å². The molecule has 0 spiro atoms. The summed E-state index contributed by atoms with van der Waals surface area (Å²) in [5, 5.41) is 4.51. The van der Waals surface area contributed by atoms with E-state index in [1.165, 1.54) is 11.3 Å². The highest BCUT2D eigenvalue weighted by atomic mass is 32.2. The van der Waals surface area contributed by atoms with Gasteiger partial charge in [-0.3, -0.25) is 4.99 Å². The molecular weight excluding hydrogens is 228 g/mol. The van der Waals surface area contributed by atoms with Crippen LogP contribution >= 0.6 is 11.8 Å². The Hall–Kier alpha value is -0.960. The molecule has 0 radical (unpaired) electrons. The zero-order chi connectivity index (χ0) is 12.1. The van der Waals surface area contributed by atoms with Crippen molar-refractivity contribution in [1.29, 1.82) is 0 Å². The summed E-state index contributed by atoms with van der Waals surface area (Å²) < 4.78 is 0. The highest BCUT2D eigenvalue weighted by molar-refractivity contribution is 8.13. The molecule has 1 aromatic carbocycles. The lowest BCUT2D eigenvalue weighted by Crippen LogP contribution is -2.28. The number of amidine groups is 1. The van der Waals surface area contributed by atoms with E-state index >= 15 is 0 Å². The van der Waals surface area contributed by atoms with Gasteiger partial charge in [-0.2, -0.15) is 0 Å². The van der Waals surface area contributed by atoms with Gasteiger partial charge < -0.3 is 5.32 Å². The highest BCUT2D eigenvalue weighted by Gasteiger charge is 2.18. The van der Waals surface area contributed by atoms with Gasteiger partial charge >= 0.3 is 0 Å². The highest BCUT2D eigenvalue weighted by Crippen LogP contribution is 2.22. The second-order valence-electron chi connectivity index (χ2n) is 4.80. The van der Waals surface area contributed by atoms with E-state index in [-0.39, 0.29) is 0 Å². The van der Waals surface area contributed by atoms with Crippen molar-refractivity contribution in [2.75, 3.05) is 12.3 Å². The van der Waals surface area contributed by atoms with Gasteiger partial charge in [-0.1, -0.05) is 55.9 Å². The summed E-state index contributed by atoms with van der Waals surface area (Å²) in [5.41, 5.74) is 1.31. The molecule has 0 fully saturated rings. The Labute approximate surface area is 108 Å². The van der Waals surface area contributed by atoms with Crippen LogP contribution in [0.3, 0.4) is 0 Å². The van der Waals surface area contributed by atoms with Crippen LogP contribution in [0.4, 0.5) is 0 Å². The van der Waals surface area contributed by atoms with Crippen LogP contribution in [0.2, 0.25) is 0 Å². The van der Waals surface area contributed by atoms with E-state index in [1.807, 2.05) is 17.8 Å². The fourth-order valence-electron chi connectivity index (χ4n) is 1.77. The van der Waals surface area contributed by atoms with Crippen LogP contribution in [0.15, 0.2) is 35.3 Å². The van der Waals surface area contributed by atoms with E-state index in [9.17, 15) is 0 Å². The van der Waals surface area contributed by atoms with Crippen LogP contribution in [0, 0.1) is 11.8 Å². The third-order valence-corrected chi connectivity index (χ3v) is 4.27. The maximum Gasteiger partial charge on any atom is 0.156 e. The first-order valence-corrected chi connectivity index (χ1v) is 7.19. The first-order chi connectivity index (χ1) is 8.25. The number of hydrogen-bond acceptors (Lipinski definition) is 3. The zero-order valence-corrected chi connectivity index (χ0v) is 11.3. The molecule has 17 heavy (non-hydrogen) atoms. The van der Waals surface area contributed by atoms with Gasteiger partial charge in [-0.05, 0) is 17.4 Å².